The van der Waals surface area contributed by atoms with Crippen LogP contribution in [0.4, 0.5) is 0 Å². The van der Waals surface area contributed by atoms with Gasteiger partial charge < -0.3 is 0 Å². The quantitative estimate of drug-likeness (QED) is 0.515. The summed E-state index contributed by atoms with van der Waals surface area (Å²) < 4.78 is 0. The number of allylic oxidation sites excluding steroid dienone is 1. The topological polar surface area (TPSA) is 0 Å². The second kappa shape index (κ2) is 6.33. The van der Waals surface area contributed by atoms with Crippen LogP contribution < -0.4 is 0 Å². The lowest BCUT2D eigenvalue weighted by atomic mass is 10.1. The SMILES string of the molecule is Cc1cc(C)cc(C#C/C=C/c2ccc3ccccc3c2)c1. The zero-order valence-corrected chi connectivity index (χ0v) is 12.9. The first-order chi connectivity index (χ1) is 10.7. The fourth-order valence-electron chi connectivity index (χ4n) is 2.62. The van der Waals surface area contributed by atoms with Gasteiger partial charge in [-0.3, -0.25) is 0 Å². The van der Waals surface area contributed by atoms with E-state index in [0.717, 1.165) is 5.56 Å². The minimum atomic E-state index is 1.07. The summed E-state index contributed by atoms with van der Waals surface area (Å²) in [5.41, 5.74) is 4.75. The lowest BCUT2D eigenvalue weighted by molar-refractivity contribution is 1.37. The molecule has 0 saturated heterocycles. The van der Waals surface area contributed by atoms with Crippen molar-refractivity contribution in [3.63, 3.8) is 0 Å². The van der Waals surface area contributed by atoms with Gasteiger partial charge in [0.2, 0.25) is 0 Å². The number of hydrogen-bond donors (Lipinski definition) is 0. The van der Waals surface area contributed by atoms with Crippen LogP contribution in [0.5, 0.6) is 0 Å². The maximum atomic E-state index is 3.20. The third-order valence-corrected chi connectivity index (χ3v) is 3.57. The van der Waals surface area contributed by atoms with Gasteiger partial charge in [0.15, 0.2) is 0 Å². The Balaban J connectivity index is 1.80. The second-order valence-corrected chi connectivity index (χ2v) is 5.59. The van der Waals surface area contributed by atoms with Crippen molar-refractivity contribution in [2.24, 2.45) is 0 Å². The summed E-state index contributed by atoms with van der Waals surface area (Å²) in [5.74, 6) is 6.32. The van der Waals surface area contributed by atoms with E-state index in [-0.39, 0.29) is 0 Å². The number of benzene rings is 3. The predicted molar refractivity (Wildman–Crippen MR) is 95.8 cm³/mol. The Labute approximate surface area is 132 Å². The largest absolute Gasteiger partial charge is 0.0696 e. The second-order valence-electron chi connectivity index (χ2n) is 5.59. The molecule has 22 heavy (non-hydrogen) atoms. The van der Waals surface area contributed by atoms with Crippen molar-refractivity contribution >= 4 is 16.8 Å². The van der Waals surface area contributed by atoms with Crippen molar-refractivity contribution in [2.75, 3.05) is 0 Å². The minimum Gasteiger partial charge on any atom is -0.0696 e. The van der Waals surface area contributed by atoms with Crippen LogP contribution in [0.2, 0.25) is 0 Å². The molecule has 0 heteroatoms. The number of rotatable bonds is 1. The molecule has 3 rings (SSSR count). The van der Waals surface area contributed by atoms with Crippen LogP contribution in [-0.4, -0.2) is 0 Å². The number of aryl methyl sites for hydroxylation is 2. The summed E-state index contributed by atoms with van der Waals surface area (Å²) in [6.45, 7) is 4.20. The highest BCUT2D eigenvalue weighted by atomic mass is 14.0. The van der Waals surface area contributed by atoms with E-state index in [0.29, 0.717) is 0 Å². The third-order valence-electron chi connectivity index (χ3n) is 3.57. The Bertz CT molecular complexity index is 882. The van der Waals surface area contributed by atoms with E-state index in [1.807, 2.05) is 6.08 Å². The molecule has 0 N–H and O–H groups in total. The lowest BCUT2D eigenvalue weighted by Crippen LogP contribution is -1.80. The molecule has 3 aromatic carbocycles. The van der Waals surface area contributed by atoms with E-state index in [4.69, 9.17) is 0 Å². The molecule has 0 heterocycles. The van der Waals surface area contributed by atoms with Gasteiger partial charge in [-0.05, 0) is 71.7 Å². The van der Waals surface area contributed by atoms with Gasteiger partial charge in [-0.25, -0.2) is 0 Å². The molecule has 0 aliphatic carbocycles. The molecule has 0 aromatic heterocycles. The molecule has 106 valence electrons. The fourth-order valence-corrected chi connectivity index (χ4v) is 2.62. The Kier molecular flexibility index (Phi) is 4.08. The summed E-state index contributed by atoms with van der Waals surface area (Å²) in [5, 5.41) is 2.52. The molecule has 0 nitrogen and oxygen atoms in total. The first-order valence-corrected chi connectivity index (χ1v) is 7.46. The van der Waals surface area contributed by atoms with Crippen LogP contribution in [-0.2, 0) is 0 Å². The lowest BCUT2D eigenvalue weighted by Gasteiger charge is -1.98. The first-order valence-electron chi connectivity index (χ1n) is 7.46. The van der Waals surface area contributed by atoms with E-state index in [9.17, 15) is 0 Å². The summed E-state index contributed by atoms with van der Waals surface area (Å²) in [7, 11) is 0. The zero-order chi connectivity index (χ0) is 15.4. The van der Waals surface area contributed by atoms with Crippen LogP contribution in [0.3, 0.4) is 0 Å². The Hall–Kier alpha value is -2.78. The van der Waals surface area contributed by atoms with Crippen molar-refractivity contribution in [1.29, 1.82) is 0 Å². The molecule has 0 unspecified atom stereocenters. The minimum absolute atomic E-state index is 1.07. The maximum Gasteiger partial charge on any atom is 0.0254 e. The standard InChI is InChI=1S/C22H18/c1-17-13-18(2)15-20(14-17)8-4-3-7-19-11-12-21-9-5-6-10-22(21)16-19/h3,5-7,9-16H,1-2H3/b7-3+. The van der Waals surface area contributed by atoms with Crippen molar-refractivity contribution < 1.29 is 0 Å². The van der Waals surface area contributed by atoms with Gasteiger partial charge in [-0.1, -0.05) is 54.3 Å². The summed E-state index contributed by atoms with van der Waals surface area (Å²) in [6, 6.07) is 21.2. The van der Waals surface area contributed by atoms with E-state index in [2.05, 4.69) is 92.4 Å². The average molecular weight is 282 g/mol. The highest BCUT2D eigenvalue weighted by Crippen LogP contribution is 2.16. The highest BCUT2D eigenvalue weighted by molar-refractivity contribution is 5.84. The molecule has 0 spiro atoms. The molecule has 0 aliphatic rings. The predicted octanol–water partition coefficient (Wildman–Crippen LogP) is 5.52. The highest BCUT2D eigenvalue weighted by Gasteiger charge is 1.93. The smallest absolute Gasteiger partial charge is 0.0254 e. The van der Waals surface area contributed by atoms with Gasteiger partial charge in [0.25, 0.3) is 0 Å². The molecule has 0 aliphatic heterocycles. The molecule has 0 saturated carbocycles. The van der Waals surface area contributed by atoms with E-state index < -0.39 is 0 Å². The normalized spacial score (nSPS) is 10.6. The fraction of sp³-hybridized carbons (Fsp3) is 0.0909. The molecule has 0 atom stereocenters. The molecule has 3 aromatic rings. The maximum absolute atomic E-state index is 3.20. The summed E-state index contributed by atoms with van der Waals surface area (Å²) in [4.78, 5) is 0. The zero-order valence-electron chi connectivity index (χ0n) is 12.9. The van der Waals surface area contributed by atoms with Gasteiger partial charge in [-0.15, -0.1) is 0 Å². The molecule has 0 radical (unpaired) electrons. The van der Waals surface area contributed by atoms with Crippen LogP contribution >= 0.6 is 0 Å². The number of fused-ring (bicyclic) bond motifs is 1. The van der Waals surface area contributed by atoms with Gasteiger partial charge in [0.05, 0.1) is 0 Å². The Morgan fingerprint density at radius 3 is 2.27 bits per heavy atom. The van der Waals surface area contributed by atoms with Crippen molar-refractivity contribution in [1.82, 2.24) is 0 Å². The van der Waals surface area contributed by atoms with Gasteiger partial charge >= 0.3 is 0 Å². The van der Waals surface area contributed by atoms with E-state index in [1.54, 1.807) is 0 Å². The van der Waals surface area contributed by atoms with Crippen LogP contribution in [0.15, 0.2) is 66.7 Å². The molecular formula is C22H18. The average Bonchev–Trinajstić information content (AvgIpc) is 2.50. The molecule has 0 bridgehead atoms. The van der Waals surface area contributed by atoms with Crippen molar-refractivity contribution in [3.8, 4) is 11.8 Å². The summed E-state index contributed by atoms with van der Waals surface area (Å²) >= 11 is 0. The Morgan fingerprint density at radius 2 is 1.50 bits per heavy atom. The monoisotopic (exact) mass is 282 g/mol. The van der Waals surface area contributed by atoms with Crippen molar-refractivity contribution in [2.45, 2.75) is 13.8 Å². The molecular weight excluding hydrogens is 264 g/mol. The number of hydrogen-bond acceptors (Lipinski definition) is 0. The van der Waals surface area contributed by atoms with Gasteiger partial charge in [0, 0.05) is 5.56 Å². The molecule has 0 amide bonds. The first kappa shape index (κ1) is 14.2. The van der Waals surface area contributed by atoms with Crippen molar-refractivity contribution in [3.05, 3.63) is 89.0 Å². The summed E-state index contributed by atoms with van der Waals surface area (Å²) in [6.07, 6.45) is 3.98. The van der Waals surface area contributed by atoms with Gasteiger partial charge in [-0.2, -0.15) is 0 Å². The van der Waals surface area contributed by atoms with Gasteiger partial charge in [0.1, 0.15) is 0 Å². The third kappa shape index (κ3) is 3.45. The van der Waals surface area contributed by atoms with Crippen LogP contribution in [0.1, 0.15) is 22.3 Å². The van der Waals surface area contributed by atoms with E-state index >= 15 is 0 Å². The van der Waals surface area contributed by atoms with Crippen LogP contribution in [0, 0.1) is 25.7 Å². The van der Waals surface area contributed by atoms with E-state index in [1.165, 1.54) is 27.5 Å². The van der Waals surface area contributed by atoms with Crippen LogP contribution in [0.25, 0.3) is 16.8 Å². The molecule has 0 fully saturated rings. The Morgan fingerprint density at radius 1 is 0.773 bits per heavy atom.